The lowest BCUT2D eigenvalue weighted by Gasteiger charge is -2.42. The summed E-state index contributed by atoms with van der Waals surface area (Å²) < 4.78 is 0. The van der Waals surface area contributed by atoms with Crippen LogP contribution in [0.25, 0.3) is 12.2 Å². The standard InChI is InChI=1S/C29H35NO3/c1-28(2)14-15-29(3,4)25-18-23(19-30-16-6-5-7-26(30)31)22(17-24(25)28)13-10-20-8-11-21(12-9-20)27(32)33/h8-13,17-18H,5-7,14-16,19H2,1-4H3,(H,32,33). The third-order valence-electron chi connectivity index (χ3n) is 7.51. The van der Waals surface area contributed by atoms with Gasteiger partial charge in [0.1, 0.15) is 0 Å². The van der Waals surface area contributed by atoms with Crippen LogP contribution in [0, 0.1) is 0 Å². The highest BCUT2D eigenvalue weighted by molar-refractivity contribution is 5.88. The third-order valence-corrected chi connectivity index (χ3v) is 7.51. The van der Waals surface area contributed by atoms with Crippen LogP contribution in [0.3, 0.4) is 0 Å². The molecule has 0 unspecified atom stereocenters. The number of hydrogen-bond donors (Lipinski definition) is 1. The molecule has 4 nitrogen and oxygen atoms in total. The van der Waals surface area contributed by atoms with E-state index >= 15 is 0 Å². The molecule has 33 heavy (non-hydrogen) atoms. The molecule has 1 saturated heterocycles. The van der Waals surface area contributed by atoms with Crippen molar-refractivity contribution in [2.45, 2.75) is 77.2 Å². The van der Waals surface area contributed by atoms with E-state index in [1.165, 1.54) is 16.7 Å². The molecule has 1 fully saturated rings. The number of carboxylic acid groups (broad SMARTS) is 1. The molecule has 0 atom stereocenters. The van der Waals surface area contributed by atoms with E-state index in [2.05, 4.69) is 45.9 Å². The molecule has 1 aliphatic carbocycles. The first-order valence-corrected chi connectivity index (χ1v) is 12.0. The summed E-state index contributed by atoms with van der Waals surface area (Å²) >= 11 is 0. The van der Waals surface area contributed by atoms with Gasteiger partial charge in [-0.15, -0.1) is 0 Å². The molecule has 1 heterocycles. The number of hydrogen-bond acceptors (Lipinski definition) is 2. The van der Waals surface area contributed by atoms with Crippen LogP contribution in [0.4, 0.5) is 0 Å². The Bertz CT molecular complexity index is 1090. The fraction of sp³-hybridized carbons (Fsp3) is 0.448. The summed E-state index contributed by atoms with van der Waals surface area (Å²) in [6, 6.07) is 11.6. The van der Waals surface area contributed by atoms with Gasteiger partial charge in [-0.1, -0.05) is 64.1 Å². The predicted octanol–water partition coefficient (Wildman–Crippen LogP) is 6.42. The first-order valence-electron chi connectivity index (χ1n) is 12.0. The zero-order chi connectivity index (χ0) is 23.8. The molecule has 4 heteroatoms. The van der Waals surface area contributed by atoms with Crippen molar-refractivity contribution in [3.8, 4) is 0 Å². The number of amides is 1. The van der Waals surface area contributed by atoms with Crippen molar-refractivity contribution in [3.05, 3.63) is 69.8 Å². The third kappa shape index (κ3) is 4.90. The van der Waals surface area contributed by atoms with Gasteiger partial charge >= 0.3 is 5.97 Å². The van der Waals surface area contributed by atoms with Gasteiger partial charge in [0.2, 0.25) is 5.91 Å². The highest BCUT2D eigenvalue weighted by Crippen LogP contribution is 2.47. The molecule has 1 amide bonds. The maximum absolute atomic E-state index is 12.6. The molecular formula is C29H35NO3. The van der Waals surface area contributed by atoms with E-state index < -0.39 is 5.97 Å². The van der Waals surface area contributed by atoms with E-state index in [4.69, 9.17) is 5.11 Å². The number of aromatic carboxylic acids is 1. The molecule has 0 aromatic heterocycles. The van der Waals surface area contributed by atoms with Gasteiger partial charge in [0, 0.05) is 19.5 Å². The fourth-order valence-corrected chi connectivity index (χ4v) is 5.12. The summed E-state index contributed by atoms with van der Waals surface area (Å²) in [7, 11) is 0. The smallest absolute Gasteiger partial charge is 0.335 e. The molecule has 4 rings (SSSR count). The van der Waals surface area contributed by atoms with E-state index in [1.807, 2.05) is 23.1 Å². The molecule has 174 valence electrons. The number of nitrogens with zero attached hydrogens (tertiary/aromatic N) is 1. The van der Waals surface area contributed by atoms with Crippen molar-refractivity contribution in [2.75, 3.05) is 6.54 Å². The normalized spacial score (nSPS) is 19.5. The van der Waals surface area contributed by atoms with Gasteiger partial charge in [0.15, 0.2) is 0 Å². The van der Waals surface area contributed by atoms with Crippen LogP contribution in [-0.2, 0) is 22.2 Å². The van der Waals surface area contributed by atoms with Gasteiger partial charge in [-0.25, -0.2) is 4.79 Å². The number of fused-ring (bicyclic) bond motifs is 1. The largest absolute Gasteiger partial charge is 0.478 e. The van der Waals surface area contributed by atoms with E-state index in [9.17, 15) is 9.59 Å². The second-order valence-corrected chi connectivity index (χ2v) is 10.9. The molecule has 2 aliphatic rings. The van der Waals surface area contributed by atoms with Crippen molar-refractivity contribution >= 4 is 24.0 Å². The fourth-order valence-electron chi connectivity index (χ4n) is 5.12. The van der Waals surface area contributed by atoms with Crippen molar-refractivity contribution in [3.63, 3.8) is 0 Å². The monoisotopic (exact) mass is 445 g/mol. The number of carbonyl (C=O) groups is 2. The summed E-state index contributed by atoms with van der Waals surface area (Å²) in [4.78, 5) is 25.7. The Labute approximate surface area is 197 Å². The number of likely N-dealkylation sites (tertiary alicyclic amines) is 1. The van der Waals surface area contributed by atoms with Crippen molar-refractivity contribution in [1.82, 2.24) is 4.90 Å². The Morgan fingerprint density at radius 1 is 0.970 bits per heavy atom. The van der Waals surface area contributed by atoms with Crippen LogP contribution in [0.5, 0.6) is 0 Å². The number of carbonyl (C=O) groups excluding carboxylic acids is 1. The van der Waals surface area contributed by atoms with Crippen LogP contribution in [-0.4, -0.2) is 28.4 Å². The lowest BCUT2D eigenvalue weighted by Crippen LogP contribution is -2.36. The highest BCUT2D eigenvalue weighted by atomic mass is 16.4. The summed E-state index contributed by atoms with van der Waals surface area (Å²) in [6.45, 7) is 10.8. The first kappa shape index (κ1) is 23.3. The Morgan fingerprint density at radius 2 is 1.61 bits per heavy atom. The lowest BCUT2D eigenvalue weighted by atomic mass is 9.62. The summed E-state index contributed by atoms with van der Waals surface area (Å²) in [5.41, 5.74) is 6.59. The molecule has 0 saturated carbocycles. The maximum Gasteiger partial charge on any atom is 0.335 e. The van der Waals surface area contributed by atoms with Crippen LogP contribution < -0.4 is 0 Å². The van der Waals surface area contributed by atoms with Crippen molar-refractivity contribution in [1.29, 1.82) is 0 Å². The predicted molar refractivity (Wildman–Crippen MR) is 133 cm³/mol. The van der Waals surface area contributed by atoms with E-state index in [1.54, 1.807) is 12.1 Å². The second kappa shape index (κ2) is 8.81. The van der Waals surface area contributed by atoms with Crippen molar-refractivity contribution < 1.29 is 14.7 Å². The lowest BCUT2D eigenvalue weighted by molar-refractivity contribution is -0.133. The summed E-state index contributed by atoms with van der Waals surface area (Å²) in [5, 5.41) is 9.15. The number of rotatable bonds is 5. The quantitative estimate of drug-likeness (QED) is 0.541. The minimum absolute atomic E-state index is 0.107. The molecule has 0 radical (unpaired) electrons. The van der Waals surface area contributed by atoms with Crippen LogP contribution >= 0.6 is 0 Å². The average Bonchev–Trinajstić information content (AvgIpc) is 2.77. The molecule has 0 spiro atoms. The number of piperidine rings is 1. The Balaban J connectivity index is 1.76. The van der Waals surface area contributed by atoms with Gasteiger partial charge in [-0.05, 0) is 76.5 Å². The minimum Gasteiger partial charge on any atom is -0.478 e. The van der Waals surface area contributed by atoms with Gasteiger partial charge in [0.05, 0.1) is 5.56 Å². The van der Waals surface area contributed by atoms with E-state index in [0.29, 0.717) is 13.0 Å². The molecule has 2 aromatic rings. The average molecular weight is 446 g/mol. The Hall–Kier alpha value is -2.88. The highest BCUT2D eigenvalue weighted by Gasteiger charge is 2.37. The second-order valence-electron chi connectivity index (χ2n) is 10.9. The van der Waals surface area contributed by atoms with Gasteiger partial charge in [-0.2, -0.15) is 0 Å². The van der Waals surface area contributed by atoms with Crippen LogP contribution in [0.1, 0.15) is 98.0 Å². The number of carboxylic acids is 1. The van der Waals surface area contributed by atoms with E-state index in [-0.39, 0.29) is 22.3 Å². The molecular weight excluding hydrogens is 410 g/mol. The zero-order valence-corrected chi connectivity index (χ0v) is 20.3. The van der Waals surface area contributed by atoms with Gasteiger partial charge in [0.25, 0.3) is 0 Å². The van der Waals surface area contributed by atoms with E-state index in [0.717, 1.165) is 43.4 Å². The maximum atomic E-state index is 12.6. The van der Waals surface area contributed by atoms with Crippen LogP contribution in [0.2, 0.25) is 0 Å². The summed E-state index contributed by atoms with van der Waals surface area (Å²) in [6.07, 6.45) is 9.16. The molecule has 1 N–H and O–H groups in total. The first-order chi connectivity index (χ1) is 15.6. The van der Waals surface area contributed by atoms with Gasteiger partial charge in [-0.3, -0.25) is 4.79 Å². The summed E-state index contributed by atoms with van der Waals surface area (Å²) in [5.74, 6) is -0.670. The molecule has 0 bridgehead atoms. The zero-order valence-electron chi connectivity index (χ0n) is 20.3. The Kier molecular flexibility index (Phi) is 6.22. The van der Waals surface area contributed by atoms with Gasteiger partial charge < -0.3 is 10.0 Å². The SMILES string of the molecule is CC1(C)CCC(C)(C)c2cc(CN3CCCCC3=O)c(C=Cc3ccc(C(=O)O)cc3)cc21. The Morgan fingerprint density at radius 3 is 2.21 bits per heavy atom. The minimum atomic E-state index is -0.918. The molecule has 1 aliphatic heterocycles. The van der Waals surface area contributed by atoms with Crippen LogP contribution in [0.15, 0.2) is 36.4 Å². The number of benzene rings is 2. The molecule has 2 aromatic carbocycles. The topological polar surface area (TPSA) is 57.6 Å². The van der Waals surface area contributed by atoms with Crippen molar-refractivity contribution in [2.24, 2.45) is 0 Å².